The number of nitrogens with zero attached hydrogens (tertiary/aromatic N) is 1. The first kappa shape index (κ1) is 19.7. The van der Waals surface area contributed by atoms with Gasteiger partial charge in [-0.3, -0.25) is 0 Å². The van der Waals surface area contributed by atoms with Crippen LogP contribution in [-0.2, 0) is 19.9 Å². The van der Waals surface area contributed by atoms with Gasteiger partial charge in [-0.2, -0.15) is 0 Å². The predicted octanol–water partition coefficient (Wildman–Crippen LogP) is 2.84. The number of benzene rings is 2. The first-order valence-electron chi connectivity index (χ1n) is 10.8. The highest BCUT2D eigenvalue weighted by Gasteiger charge is 2.70. The van der Waals surface area contributed by atoms with Gasteiger partial charge in [0.15, 0.2) is 0 Å². The number of fused-ring (bicyclic) bond motifs is 5. The first-order chi connectivity index (χ1) is 14.2. The van der Waals surface area contributed by atoms with Gasteiger partial charge in [0.05, 0.1) is 14.1 Å². The molecule has 5 rings (SSSR count). The molecule has 5 heteroatoms. The van der Waals surface area contributed by atoms with E-state index in [-0.39, 0.29) is 6.10 Å². The number of quaternary nitrogens is 1. The van der Waals surface area contributed by atoms with Crippen molar-refractivity contribution in [3.63, 3.8) is 0 Å². The Morgan fingerprint density at radius 3 is 1.80 bits per heavy atom. The fourth-order valence-electron chi connectivity index (χ4n) is 5.53. The van der Waals surface area contributed by atoms with E-state index in [9.17, 15) is 9.90 Å². The third kappa shape index (κ3) is 2.91. The number of carbonyl (C=O) groups excluding carboxylic acids is 1. The summed E-state index contributed by atoms with van der Waals surface area (Å²) in [5, 5.41) is 11.7. The molecule has 0 spiro atoms. The molecule has 2 bridgehead atoms. The number of piperidine rings is 1. The molecule has 0 aliphatic carbocycles. The summed E-state index contributed by atoms with van der Waals surface area (Å²) in [6.07, 6.45) is 1.93. The van der Waals surface area contributed by atoms with Crippen LogP contribution in [0.2, 0.25) is 0 Å². The van der Waals surface area contributed by atoms with Gasteiger partial charge in [0.2, 0.25) is 5.60 Å². The molecule has 158 valence electrons. The maximum Gasteiger partial charge on any atom is 0.347 e. The minimum absolute atomic E-state index is 0.197. The fourth-order valence-corrected chi connectivity index (χ4v) is 5.53. The molecule has 3 saturated heterocycles. The van der Waals surface area contributed by atoms with E-state index in [2.05, 4.69) is 14.1 Å². The SMILES string of the molecule is Cc1ccc(C(O)(C(=O)OC2CC3C4O[C@@H]4[C@H](C2)[N+]3(C)C)c2ccc(C)cc2)cc1. The van der Waals surface area contributed by atoms with Crippen LogP contribution in [0.5, 0.6) is 0 Å². The van der Waals surface area contributed by atoms with E-state index >= 15 is 0 Å². The number of morpholine rings is 1. The molecule has 3 fully saturated rings. The Kier molecular flexibility index (Phi) is 4.37. The van der Waals surface area contributed by atoms with Crippen LogP contribution in [0, 0.1) is 13.8 Å². The van der Waals surface area contributed by atoms with Crippen LogP contribution >= 0.6 is 0 Å². The second-order valence-electron chi connectivity index (χ2n) is 9.77. The molecule has 5 nitrogen and oxygen atoms in total. The van der Waals surface area contributed by atoms with Crippen molar-refractivity contribution < 1.29 is 23.9 Å². The molecule has 0 saturated carbocycles. The average Bonchev–Trinajstić information content (AvgIpc) is 3.47. The molecule has 2 aromatic carbocycles. The highest BCUT2D eigenvalue weighted by molar-refractivity contribution is 5.85. The molecule has 0 aromatic heterocycles. The van der Waals surface area contributed by atoms with Gasteiger partial charge in [-0.05, 0) is 25.0 Å². The zero-order chi connectivity index (χ0) is 21.3. The van der Waals surface area contributed by atoms with Gasteiger partial charge < -0.3 is 19.1 Å². The van der Waals surface area contributed by atoms with Gasteiger partial charge in [-0.25, -0.2) is 4.79 Å². The molecule has 30 heavy (non-hydrogen) atoms. The van der Waals surface area contributed by atoms with Crippen molar-refractivity contribution in [1.29, 1.82) is 0 Å². The summed E-state index contributed by atoms with van der Waals surface area (Å²) < 4.78 is 12.8. The van der Waals surface area contributed by atoms with E-state index in [1.807, 2.05) is 62.4 Å². The monoisotopic (exact) mass is 408 g/mol. The van der Waals surface area contributed by atoms with Crippen LogP contribution in [0.15, 0.2) is 48.5 Å². The Hall–Kier alpha value is -2.21. The number of epoxide rings is 1. The molecular formula is C25H30NO4+. The summed E-state index contributed by atoms with van der Waals surface area (Å²) in [7, 11) is 4.50. The lowest BCUT2D eigenvalue weighted by molar-refractivity contribution is -0.938. The van der Waals surface area contributed by atoms with Crippen molar-refractivity contribution in [2.45, 2.75) is 62.7 Å². The standard InChI is InChI=1S/C25H30NO4/c1-15-5-9-17(10-6-15)25(28,18-11-7-16(2)8-12-18)24(27)29-19-13-20-22-23(30-22)21(14-19)26(20,3)4/h5-12,19-23,28H,13-14H2,1-4H3/q+1/t19?,20-,21?,22+,23?/m0/s1. The third-order valence-corrected chi connectivity index (χ3v) is 7.55. The minimum Gasteiger partial charge on any atom is -0.459 e. The summed E-state index contributed by atoms with van der Waals surface area (Å²) in [6, 6.07) is 15.6. The molecular weight excluding hydrogens is 378 g/mol. The van der Waals surface area contributed by atoms with Crippen molar-refractivity contribution in [3.8, 4) is 0 Å². The van der Waals surface area contributed by atoms with Gasteiger partial charge in [0, 0.05) is 12.8 Å². The maximum atomic E-state index is 13.5. The number of aliphatic hydroxyl groups is 1. The Bertz CT molecular complexity index is 900. The quantitative estimate of drug-likeness (QED) is 0.480. The Morgan fingerprint density at radius 1 is 0.933 bits per heavy atom. The number of rotatable bonds is 4. The maximum absolute atomic E-state index is 13.5. The molecule has 3 aliphatic heterocycles. The Morgan fingerprint density at radius 2 is 1.37 bits per heavy atom. The number of aryl methyl sites for hydroxylation is 2. The van der Waals surface area contributed by atoms with Crippen LogP contribution in [0.4, 0.5) is 0 Å². The minimum atomic E-state index is -1.83. The van der Waals surface area contributed by atoms with Crippen molar-refractivity contribution >= 4 is 5.97 Å². The fraction of sp³-hybridized carbons (Fsp3) is 0.480. The Labute approximate surface area is 177 Å². The number of likely N-dealkylation sites (N-methyl/N-ethyl adjacent to an activating group) is 1. The lowest BCUT2D eigenvalue weighted by Gasteiger charge is -2.45. The summed E-state index contributed by atoms with van der Waals surface area (Å²) >= 11 is 0. The first-order valence-corrected chi connectivity index (χ1v) is 10.8. The van der Waals surface area contributed by atoms with E-state index < -0.39 is 11.6 Å². The molecule has 1 N–H and O–H groups in total. The normalized spacial score (nSPS) is 31.2. The highest BCUT2D eigenvalue weighted by Crippen LogP contribution is 2.51. The molecule has 0 radical (unpaired) electrons. The average molecular weight is 409 g/mol. The lowest BCUT2D eigenvalue weighted by atomic mass is 9.85. The van der Waals surface area contributed by atoms with Gasteiger partial charge in [-0.1, -0.05) is 59.7 Å². The zero-order valence-electron chi connectivity index (χ0n) is 18.0. The molecule has 3 heterocycles. The van der Waals surface area contributed by atoms with Gasteiger partial charge in [0.1, 0.15) is 30.4 Å². The van der Waals surface area contributed by atoms with Crippen LogP contribution < -0.4 is 0 Å². The topological polar surface area (TPSA) is 59.1 Å². The molecule has 2 aromatic rings. The van der Waals surface area contributed by atoms with E-state index in [1.165, 1.54) is 0 Å². The molecule has 0 amide bonds. The van der Waals surface area contributed by atoms with E-state index in [1.54, 1.807) is 0 Å². The third-order valence-electron chi connectivity index (χ3n) is 7.55. The van der Waals surface area contributed by atoms with Crippen molar-refractivity contribution in [1.82, 2.24) is 0 Å². The summed E-state index contributed by atoms with van der Waals surface area (Å²) in [5.74, 6) is -0.596. The van der Waals surface area contributed by atoms with Crippen molar-refractivity contribution in [2.75, 3.05) is 14.1 Å². The number of carbonyl (C=O) groups is 1. The Balaban J connectivity index is 1.44. The van der Waals surface area contributed by atoms with Crippen LogP contribution in [0.25, 0.3) is 0 Å². The zero-order valence-corrected chi connectivity index (χ0v) is 18.0. The van der Waals surface area contributed by atoms with Crippen LogP contribution in [0.3, 0.4) is 0 Å². The second kappa shape index (κ2) is 6.64. The number of hydrogen-bond acceptors (Lipinski definition) is 4. The smallest absolute Gasteiger partial charge is 0.347 e. The highest BCUT2D eigenvalue weighted by atomic mass is 16.6. The molecule has 5 atom stereocenters. The molecule has 3 aliphatic rings. The summed E-state index contributed by atoms with van der Waals surface area (Å²) in [6.45, 7) is 3.97. The number of ether oxygens (including phenoxy) is 2. The van der Waals surface area contributed by atoms with Gasteiger partial charge >= 0.3 is 5.97 Å². The van der Waals surface area contributed by atoms with E-state index in [0.29, 0.717) is 35.4 Å². The predicted molar refractivity (Wildman–Crippen MR) is 113 cm³/mol. The number of hydrogen-bond donors (Lipinski definition) is 1. The lowest BCUT2D eigenvalue weighted by Crippen LogP contribution is -2.60. The van der Waals surface area contributed by atoms with Crippen LogP contribution in [-0.4, -0.2) is 60.0 Å². The van der Waals surface area contributed by atoms with Crippen LogP contribution in [0.1, 0.15) is 35.1 Å². The van der Waals surface area contributed by atoms with Crippen molar-refractivity contribution in [2.24, 2.45) is 0 Å². The summed E-state index contributed by atoms with van der Waals surface area (Å²) in [4.78, 5) is 13.5. The summed E-state index contributed by atoms with van der Waals surface area (Å²) in [5.41, 5.74) is 1.37. The number of esters is 1. The largest absolute Gasteiger partial charge is 0.459 e. The van der Waals surface area contributed by atoms with Gasteiger partial charge in [0.25, 0.3) is 0 Å². The van der Waals surface area contributed by atoms with Crippen molar-refractivity contribution in [3.05, 3.63) is 70.8 Å². The molecule has 3 unspecified atom stereocenters. The van der Waals surface area contributed by atoms with E-state index in [4.69, 9.17) is 9.47 Å². The van der Waals surface area contributed by atoms with Gasteiger partial charge in [-0.15, -0.1) is 0 Å². The van der Waals surface area contributed by atoms with E-state index in [0.717, 1.165) is 28.5 Å². The second-order valence-corrected chi connectivity index (χ2v) is 9.77.